The summed E-state index contributed by atoms with van der Waals surface area (Å²) < 4.78 is 15.9. The molecule has 1 spiro atoms. The molecule has 0 bridgehead atoms. The van der Waals surface area contributed by atoms with Crippen LogP contribution in [-0.4, -0.2) is 55.9 Å². The highest BCUT2D eigenvalue weighted by Gasteiger charge is 2.54. The van der Waals surface area contributed by atoms with Gasteiger partial charge < -0.3 is 19.5 Å². The number of Topliss-reactive ketones (excluding diaryl/α,β-unsaturated/α-hetero) is 2. The Kier molecular flexibility index (Phi) is 5.99. The molecule has 1 aromatic rings. The Balaban J connectivity index is 1.91. The van der Waals surface area contributed by atoms with E-state index in [1.807, 2.05) is 0 Å². The lowest BCUT2D eigenvalue weighted by Crippen LogP contribution is -2.55. The highest BCUT2D eigenvalue weighted by molar-refractivity contribution is 6.29. The van der Waals surface area contributed by atoms with Gasteiger partial charge in [-0.05, 0) is 57.4 Å². The van der Waals surface area contributed by atoms with E-state index in [2.05, 4.69) is 5.32 Å². The van der Waals surface area contributed by atoms with Gasteiger partial charge in [-0.15, -0.1) is 0 Å². The topological polar surface area (TPSA) is 108 Å². The van der Waals surface area contributed by atoms with E-state index in [4.69, 9.17) is 14.2 Å². The molecule has 8 nitrogen and oxygen atoms in total. The SMILES string of the molecule is COc1ccc2c(c1)C1(CCOCC1)C(=O)C(C(=O)NCC(=O)OC(C)(C)C)C2=O. The molecule has 0 saturated carbocycles. The number of hydrogen-bond donors (Lipinski definition) is 1. The van der Waals surface area contributed by atoms with E-state index < -0.39 is 46.9 Å². The summed E-state index contributed by atoms with van der Waals surface area (Å²) in [6.45, 7) is 5.41. The van der Waals surface area contributed by atoms with Crippen LogP contribution in [0, 0.1) is 5.92 Å². The van der Waals surface area contributed by atoms with E-state index in [0.29, 0.717) is 42.9 Å². The number of carbonyl (C=O) groups excluding carboxylic acids is 4. The molecule has 1 N–H and O–H groups in total. The van der Waals surface area contributed by atoms with Gasteiger partial charge in [0, 0.05) is 18.8 Å². The monoisotopic (exact) mass is 417 g/mol. The zero-order valence-electron chi connectivity index (χ0n) is 17.7. The van der Waals surface area contributed by atoms with E-state index in [9.17, 15) is 19.2 Å². The molecule has 1 amide bonds. The van der Waals surface area contributed by atoms with Crippen LogP contribution in [0.3, 0.4) is 0 Å². The summed E-state index contributed by atoms with van der Waals surface area (Å²) in [5.74, 6) is -3.44. The van der Waals surface area contributed by atoms with Gasteiger partial charge in [0.1, 0.15) is 17.9 Å². The van der Waals surface area contributed by atoms with Gasteiger partial charge in [0.05, 0.1) is 12.5 Å². The lowest BCUT2D eigenvalue weighted by atomic mass is 9.61. The summed E-state index contributed by atoms with van der Waals surface area (Å²) in [6, 6.07) is 4.93. The molecule has 1 aliphatic heterocycles. The average Bonchev–Trinajstić information content (AvgIpc) is 2.70. The van der Waals surface area contributed by atoms with Gasteiger partial charge in [-0.25, -0.2) is 0 Å². The summed E-state index contributed by atoms with van der Waals surface area (Å²) in [5, 5.41) is 2.40. The minimum atomic E-state index is -1.51. The fourth-order valence-corrected chi connectivity index (χ4v) is 4.06. The van der Waals surface area contributed by atoms with Crippen LogP contribution < -0.4 is 10.1 Å². The maximum Gasteiger partial charge on any atom is 0.325 e. The van der Waals surface area contributed by atoms with Crippen LogP contribution in [0.2, 0.25) is 0 Å². The van der Waals surface area contributed by atoms with Crippen molar-refractivity contribution in [2.24, 2.45) is 5.92 Å². The Morgan fingerprint density at radius 1 is 1.20 bits per heavy atom. The van der Waals surface area contributed by atoms with Crippen molar-refractivity contribution in [3.8, 4) is 5.75 Å². The molecule has 30 heavy (non-hydrogen) atoms. The first kappa shape index (κ1) is 22.0. The third-order valence-electron chi connectivity index (χ3n) is 5.44. The van der Waals surface area contributed by atoms with Gasteiger partial charge in [0.15, 0.2) is 17.5 Å². The fraction of sp³-hybridized carbons (Fsp3) is 0.545. The molecule has 1 heterocycles. The van der Waals surface area contributed by atoms with Crippen LogP contribution in [0.5, 0.6) is 5.75 Å². The van der Waals surface area contributed by atoms with Crippen molar-refractivity contribution in [2.45, 2.75) is 44.6 Å². The number of ketones is 2. The number of benzene rings is 1. The summed E-state index contributed by atoms with van der Waals surface area (Å²) in [5.41, 5.74) is -0.794. The number of fused-ring (bicyclic) bond motifs is 2. The molecule has 0 radical (unpaired) electrons. The summed E-state index contributed by atoms with van der Waals surface area (Å²) in [7, 11) is 1.51. The second kappa shape index (κ2) is 8.18. The predicted octanol–water partition coefficient (Wildman–Crippen LogP) is 1.58. The highest BCUT2D eigenvalue weighted by atomic mass is 16.6. The number of ether oxygens (including phenoxy) is 3. The normalized spacial score (nSPS) is 20.5. The summed E-state index contributed by atoms with van der Waals surface area (Å²) >= 11 is 0. The van der Waals surface area contributed by atoms with E-state index in [1.165, 1.54) is 7.11 Å². The largest absolute Gasteiger partial charge is 0.497 e. The minimum absolute atomic E-state index is 0.328. The predicted molar refractivity (Wildman–Crippen MR) is 106 cm³/mol. The number of nitrogens with one attached hydrogen (secondary N) is 1. The third-order valence-corrected chi connectivity index (χ3v) is 5.44. The second-order valence-corrected chi connectivity index (χ2v) is 8.57. The Hall–Kier alpha value is -2.74. The van der Waals surface area contributed by atoms with Crippen molar-refractivity contribution in [2.75, 3.05) is 26.9 Å². The summed E-state index contributed by atoms with van der Waals surface area (Å²) in [6.07, 6.45) is 0.740. The Morgan fingerprint density at radius 3 is 2.47 bits per heavy atom. The number of rotatable bonds is 4. The van der Waals surface area contributed by atoms with Crippen LogP contribution in [-0.2, 0) is 29.3 Å². The number of hydrogen-bond acceptors (Lipinski definition) is 7. The first-order chi connectivity index (χ1) is 14.1. The lowest BCUT2D eigenvalue weighted by molar-refractivity contribution is -0.155. The number of esters is 1. The quantitative estimate of drug-likeness (QED) is 0.585. The Morgan fingerprint density at radius 2 is 1.87 bits per heavy atom. The maximum absolute atomic E-state index is 13.5. The van der Waals surface area contributed by atoms with Crippen LogP contribution in [0.1, 0.15) is 49.5 Å². The van der Waals surface area contributed by atoms with E-state index in [1.54, 1.807) is 39.0 Å². The Labute approximate surface area is 175 Å². The molecule has 2 aliphatic rings. The van der Waals surface area contributed by atoms with E-state index in [0.717, 1.165) is 0 Å². The zero-order valence-corrected chi connectivity index (χ0v) is 17.7. The Bertz CT molecular complexity index is 878. The van der Waals surface area contributed by atoms with Gasteiger partial charge in [0.2, 0.25) is 5.91 Å². The van der Waals surface area contributed by atoms with Crippen LogP contribution in [0.25, 0.3) is 0 Å². The first-order valence-electron chi connectivity index (χ1n) is 9.93. The highest BCUT2D eigenvalue weighted by Crippen LogP contribution is 2.45. The van der Waals surface area contributed by atoms with Crippen LogP contribution in [0.15, 0.2) is 18.2 Å². The van der Waals surface area contributed by atoms with Crippen LogP contribution >= 0.6 is 0 Å². The van der Waals surface area contributed by atoms with Crippen molar-refractivity contribution < 1.29 is 33.4 Å². The first-order valence-corrected chi connectivity index (χ1v) is 9.93. The molecule has 1 atom stereocenters. The van der Waals surface area contributed by atoms with Crippen LogP contribution in [0.4, 0.5) is 0 Å². The average molecular weight is 417 g/mol. The fourth-order valence-electron chi connectivity index (χ4n) is 4.06. The molecule has 1 aromatic carbocycles. The van der Waals surface area contributed by atoms with Crippen molar-refractivity contribution in [1.29, 1.82) is 0 Å². The molecule has 162 valence electrons. The zero-order chi connectivity index (χ0) is 22.1. The number of methoxy groups -OCH3 is 1. The lowest BCUT2D eigenvalue weighted by Gasteiger charge is -2.42. The maximum atomic E-state index is 13.5. The number of carbonyl (C=O) groups is 4. The van der Waals surface area contributed by atoms with Crippen molar-refractivity contribution >= 4 is 23.4 Å². The van der Waals surface area contributed by atoms with E-state index in [-0.39, 0.29) is 0 Å². The molecule has 0 aromatic heterocycles. The third kappa shape index (κ3) is 4.09. The van der Waals surface area contributed by atoms with Gasteiger partial charge in [0.25, 0.3) is 0 Å². The van der Waals surface area contributed by atoms with Crippen molar-refractivity contribution in [3.63, 3.8) is 0 Å². The number of amides is 1. The molecule has 1 saturated heterocycles. The molecular weight excluding hydrogens is 390 g/mol. The molecule has 1 unspecified atom stereocenters. The molecular formula is C22H27NO7. The van der Waals surface area contributed by atoms with Gasteiger partial charge in [-0.3, -0.25) is 19.2 Å². The molecule has 8 heteroatoms. The minimum Gasteiger partial charge on any atom is -0.497 e. The van der Waals surface area contributed by atoms with Gasteiger partial charge in [-0.1, -0.05) is 0 Å². The van der Waals surface area contributed by atoms with Gasteiger partial charge in [-0.2, -0.15) is 0 Å². The van der Waals surface area contributed by atoms with Crippen molar-refractivity contribution in [3.05, 3.63) is 29.3 Å². The van der Waals surface area contributed by atoms with E-state index >= 15 is 0 Å². The molecule has 3 rings (SSSR count). The van der Waals surface area contributed by atoms with Crippen molar-refractivity contribution in [1.82, 2.24) is 5.32 Å². The van der Waals surface area contributed by atoms with Gasteiger partial charge >= 0.3 is 5.97 Å². The molecule has 1 aliphatic carbocycles. The second-order valence-electron chi connectivity index (χ2n) is 8.57. The standard InChI is InChI=1S/C22H27NO7/c1-21(2,3)30-16(24)12-23-20(27)17-18(25)14-6-5-13(28-4)11-15(14)22(19(17)26)7-9-29-10-8-22/h5-6,11,17H,7-10,12H2,1-4H3,(H,23,27). The summed E-state index contributed by atoms with van der Waals surface area (Å²) in [4.78, 5) is 51.4. The molecule has 1 fully saturated rings. The smallest absolute Gasteiger partial charge is 0.325 e.